The maximum atomic E-state index is 13.3. The van der Waals surface area contributed by atoms with E-state index in [1.807, 2.05) is 25.3 Å². The Hall–Kier alpha value is -2.35. The quantitative estimate of drug-likeness (QED) is 0.803. The van der Waals surface area contributed by atoms with Crippen molar-refractivity contribution in [2.24, 2.45) is 7.05 Å². The van der Waals surface area contributed by atoms with E-state index in [4.69, 9.17) is 0 Å². The largest absolute Gasteiger partial charge is 0.408 e. The first-order chi connectivity index (χ1) is 10.8. The van der Waals surface area contributed by atoms with Crippen molar-refractivity contribution in [1.29, 1.82) is 0 Å². The molecule has 3 aromatic rings. The summed E-state index contributed by atoms with van der Waals surface area (Å²) in [5, 5.41) is 6.38. The molecule has 1 N–H and O–H groups in total. The van der Waals surface area contributed by atoms with Crippen LogP contribution in [0.3, 0.4) is 0 Å². The highest BCUT2D eigenvalue weighted by Gasteiger charge is 2.41. The summed E-state index contributed by atoms with van der Waals surface area (Å²) < 4.78 is 43.0. The smallest absolute Gasteiger partial charge is 0.303 e. The number of rotatable bonds is 4. The molecule has 3 rings (SSSR count). The minimum Gasteiger partial charge on any atom is -0.303 e. The second-order valence-electron chi connectivity index (χ2n) is 5.49. The molecule has 0 unspecified atom stereocenters. The van der Waals surface area contributed by atoms with Crippen LogP contribution in [-0.2, 0) is 13.6 Å². The van der Waals surface area contributed by atoms with Gasteiger partial charge in [0.05, 0.1) is 18.1 Å². The van der Waals surface area contributed by atoms with E-state index in [0.29, 0.717) is 11.3 Å². The fourth-order valence-electron chi connectivity index (χ4n) is 2.49. The molecule has 0 aromatic carbocycles. The second kappa shape index (κ2) is 5.69. The number of hydrogen-bond donors (Lipinski definition) is 1. The molecule has 0 saturated heterocycles. The Bertz CT molecular complexity index is 818. The normalized spacial score (nSPS) is 13.6. The van der Waals surface area contributed by atoms with Crippen molar-refractivity contribution < 1.29 is 13.2 Å². The molecule has 3 heterocycles. The topological polar surface area (TPSA) is 47.2 Å². The molecule has 23 heavy (non-hydrogen) atoms. The fourth-order valence-corrected chi connectivity index (χ4v) is 2.49. The lowest BCUT2D eigenvalue weighted by Gasteiger charge is -2.20. The Balaban J connectivity index is 1.85. The molecule has 5 nitrogen and oxygen atoms in total. The summed E-state index contributed by atoms with van der Waals surface area (Å²) in [6.07, 6.45) is 1.62. The van der Waals surface area contributed by atoms with Crippen LogP contribution in [-0.4, -0.2) is 25.3 Å². The SMILES string of the molecule is Cc1ccc2ncc(CN[C@H](c3cnn(C)c3)C(F)(F)F)n2c1. The monoisotopic (exact) mass is 323 g/mol. The highest BCUT2D eigenvalue weighted by molar-refractivity contribution is 5.41. The predicted octanol–water partition coefficient (Wildman–Crippen LogP) is 2.77. The molecule has 0 amide bonds. The van der Waals surface area contributed by atoms with E-state index < -0.39 is 12.2 Å². The van der Waals surface area contributed by atoms with Gasteiger partial charge in [0.15, 0.2) is 0 Å². The Labute approximate surface area is 130 Å². The average molecular weight is 323 g/mol. The van der Waals surface area contributed by atoms with Crippen molar-refractivity contribution in [2.45, 2.75) is 25.7 Å². The molecule has 122 valence electrons. The zero-order valence-corrected chi connectivity index (χ0v) is 12.7. The zero-order valence-electron chi connectivity index (χ0n) is 12.7. The zero-order chi connectivity index (χ0) is 16.6. The van der Waals surface area contributed by atoms with E-state index in [2.05, 4.69) is 15.4 Å². The summed E-state index contributed by atoms with van der Waals surface area (Å²) in [4.78, 5) is 4.20. The number of nitrogens with one attached hydrogen (secondary N) is 1. The number of fused-ring (bicyclic) bond motifs is 1. The Morgan fingerprint density at radius 1 is 1.22 bits per heavy atom. The van der Waals surface area contributed by atoms with E-state index in [-0.39, 0.29) is 12.1 Å². The van der Waals surface area contributed by atoms with Gasteiger partial charge in [-0.05, 0) is 18.6 Å². The van der Waals surface area contributed by atoms with Crippen molar-refractivity contribution >= 4 is 5.65 Å². The fraction of sp³-hybridized carbons (Fsp3) is 0.333. The second-order valence-corrected chi connectivity index (χ2v) is 5.49. The molecule has 3 aromatic heterocycles. The van der Waals surface area contributed by atoms with E-state index in [1.165, 1.54) is 17.1 Å². The molecule has 0 radical (unpaired) electrons. The van der Waals surface area contributed by atoms with Crippen LogP contribution in [0.15, 0.2) is 36.9 Å². The van der Waals surface area contributed by atoms with Gasteiger partial charge >= 0.3 is 6.18 Å². The van der Waals surface area contributed by atoms with E-state index >= 15 is 0 Å². The van der Waals surface area contributed by atoms with Gasteiger partial charge in [-0.2, -0.15) is 18.3 Å². The van der Waals surface area contributed by atoms with Crippen LogP contribution < -0.4 is 5.32 Å². The van der Waals surface area contributed by atoms with Crippen molar-refractivity contribution in [2.75, 3.05) is 0 Å². The van der Waals surface area contributed by atoms with Gasteiger partial charge in [-0.15, -0.1) is 0 Å². The van der Waals surface area contributed by atoms with Gasteiger partial charge in [0.1, 0.15) is 11.7 Å². The van der Waals surface area contributed by atoms with E-state index in [0.717, 1.165) is 5.56 Å². The number of aromatic nitrogens is 4. The average Bonchev–Trinajstić information content (AvgIpc) is 3.04. The van der Waals surface area contributed by atoms with Gasteiger partial charge in [-0.3, -0.25) is 10.00 Å². The minimum absolute atomic E-state index is 0.0453. The lowest BCUT2D eigenvalue weighted by molar-refractivity contribution is -0.158. The lowest BCUT2D eigenvalue weighted by atomic mass is 10.1. The molecule has 0 saturated carbocycles. The van der Waals surface area contributed by atoms with Crippen molar-refractivity contribution in [1.82, 2.24) is 24.5 Å². The number of alkyl halides is 3. The third-order valence-electron chi connectivity index (χ3n) is 3.60. The number of halogens is 3. The number of imidazole rings is 1. The van der Waals surface area contributed by atoms with Crippen LogP contribution in [0.4, 0.5) is 13.2 Å². The standard InChI is InChI=1S/C15H16F3N5/c1-10-3-4-13-19-6-12(23(13)8-10)7-20-14(15(16,17)18)11-5-21-22(2)9-11/h3-6,8-9,14,20H,7H2,1-2H3/t14-/m1/s1. The van der Waals surface area contributed by atoms with Crippen LogP contribution in [0.2, 0.25) is 0 Å². The maximum absolute atomic E-state index is 13.3. The summed E-state index contributed by atoms with van der Waals surface area (Å²) in [5.41, 5.74) is 2.47. The number of hydrogen-bond acceptors (Lipinski definition) is 3. The van der Waals surface area contributed by atoms with Crippen LogP contribution in [0, 0.1) is 6.92 Å². The van der Waals surface area contributed by atoms with Crippen LogP contribution in [0.5, 0.6) is 0 Å². The van der Waals surface area contributed by atoms with Crippen LogP contribution in [0.25, 0.3) is 5.65 Å². The van der Waals surface area contributed by atoms with Crippen molar-refractivity contribution in [3.63, 3.8) is 0 Å². The minimum atomic E-state index is -4.40. The first-order valence-electron chi connectivity index (χ1n) is 7.06. The molecule has 0 spiro atoms. The summed E-state index contributed by atoms with van der Waals surface area (Å²) >= 11 is 0. The lowest BCUT2D eigenvalue weighted by Crippen LogP contribution is -2.33. The molecule has 0 aliphatic carbocycles. The van der Waals surface area contributed by atoms with Gasteiger partial charge in [0.25, 0.3) is 0 Å². The van der Waals surface area contributed by atoms with Gasteiger partial charge in [0.2, 0.25) is 0 Å². The first-order valence-corrected chi connectivity index (χ1v) is 7.06. The molecule has 0 aliphatic rings. The molecular weight excluding hydrogens is 307 g/mol. The highest BCUT2D eigenvalue weighted by Crippen LogP contribution is 2.32. The molecule has 0 bridgehead atoms. The maximum Gasteiger partial charge on any atom is 0.408 e. The summed E-state index contributed by atoms with van der Waals surface area (Å²) in [6, 6.07) is 1.97. The van der Waals surface area contributed by atoms with Gasteiger partial charge in [0, 0.05) is 31.5 Å². The first kappa shape index (κ1) is 15.5. The summed E-state index contributed by atoms with van der Waals surface area (Å²) in [6.45, 7) is 1.97. The number of aryl methyl sites for hydroxylation is 2. The van der Waals surface area contributed by atoms with Gasteiger partial charge in [-0.1, -0.05) is 6.07 Å². The van der Waals surface area contributed by atoms with E-state index in [1.54, 1.807) is 17.6 Å². The number of nitrogens with zero attached hydrogens (tertiary/aromatic N) is 4. The Morgan fingerprint density at radius 2 is 2.00 bits per heavy atom. The third-order valence-corrected chi connectivity index (χ3v) is 3.60. The molecule has 8 heteroatoms. The molecule has 0 aliphatic heterocycles. The Morgan fingerprint density at radius 3 is 2.65 bits per heavy atom. The molecular formula is C15H16F3N5. The number of pyridine rings is 1. The van der Waals surface area contributed by atoms with Gasteiger partial charge < -0.3 is 4.40 Å². The summed E-state index contributed by atoms with van der Waals surface area (Å²) in [5.74, 6) is 0. The van der Waals surface area contributed by atoms with Crippen LogP contribution >= 0.6 is 0 Å². The summed E-state index contributed by atoms with van der Waals surface area (Å²) in [7, 11) is 1.59. The van der Waals surface area contributed by atoms with Gasteiger partial charge in [-0.25, -0.2) is 4.98 Å². The van der Waals surface area contributed by atoms with Crippen molar-refractivity contribution in [3.05, 3.63) is 53.7 Å². The molecule has 1 atom stereocenters. The molecule has 0 fully saturated rings. The van der Waals surface area contributed by atoms with Crippen LogP contribution in [0.1, 0.15) is 22.9 Å². The predicted molar refractivity (Wildman–Crippen MR) is 78.8 cm³/mol. The third kappa shape index (κ3) is 3.21. The van der Waals surface area contributed by atoms with E-state index in [9.17, 15) is 13.2 Å². The van der Waals surface area contributed by atoms with Crippen molar-refractivity contribution in [3.8, 4) is 0 Å². The Kier molecular flexibility index (Phi) is 3.85. The highest BCUT2D eigenvalue weighted by atomic mass is 19.4.